The van der Waals surface area contributed by atoms with Gasteiger partial charge in [-0.15, -0.1) is 4.72 Å². The predicted octanol–water partition coefficient (Wildman–Crippen LogP) is 4.40. The first-order valence-electron chi connectivity index (χ1n) is 9.07. The fraction of sp³-hybridized carbons (Fsp3) is 0.400. The molecule has 0 aliphatic carbocycles. The minimum absolute atomic E-state index is 0.0346. The average molecular weight is 447 g/mol. The Hall–Kier alpha value is -1.29. The van der Waals surface area contributed by atoms with Crippen molar-refractivity contribution < 1.29 is 22.5 Å². The molecule has 2 unspecified atom stereocenters. The lowest BCUT2D eigenvalue weighted by molar-refractivity contribution is -0.153. The molecule has 0 amide bonds. The van der Waals surface area contributed by atoms with Crippen LogP contribution < -0.4 is 4.72 Å². The van der Waals surface area contributed by atoms with E-state index < -0.39 is 23.6 Å². The van der Waals surface area contributed by atoms with Gasteiger partial charge in [0.1, 0.15) is 6.26 Å². The van der Waals surface area contributed by atoms with Gasteiger partial charge >= 0.3 is 6.18 Å². The van der Waals surface area contributed by atoms with E-state index >= 15 is 0 Å². The van der Waals surface area contributed by atoms with Crippen LogP contribution in [0.1, 0.15) is 28.8 Å². The fourth-order valence-electron chi connectivity index (χ4n) is 3.33. The highest BCUT2D eigenvalue weighted by Gasteiger charge is 2.43. The second-order valence-corrected chi connectivity index (χ2v) is 8.46. The third-order valence-electron chi connectivity index (χ3n) is 4.73. The zero-order chi connectivity index (χ0) is 21.0. The third-order valence-corrected chi connectivity index (χ3v) is 5.64. The Morgan fingerprint density at radius 1 is 1.24 bits per heavy atom. The summed E-state index contributed by atoms with van der Waals surface area (Å²) in [4.78, 5) is 2.19. The van der Waals surface area contributed by atoms with Gasteiger partial charge in [-0.3, -0.25) is 4.90 Å². The van der Waals surface area contributed by atoms with Crippen molar-refractivity contribution in [3.05, 3.63) is 70.2 Å². The second kappa shape index (κ2) is 9.68. The highest BCUT2D eigenvalue weighted by Crippen LogP contribution is 2.33. The summed E-state index contributed by atoms with van der Waals surface area (Å²) in [6.45, 7) is 2.52. The molecule has 1 N–H and O–H groups in total. The number of ether oxygens (including phenoxy) is 1. The number of benzene rings is 2. The van der Waals surface area contributed by atoms with Crippen molar-refractivity contribution in [2.45, 2.75) is 24.9 Å². The maximum atomic E-state index is 13.2. The first kappa shape index (κ1) is 22.4. The Kier molecular flexibility index (Phi) is 7.47. The fourth-order valence-corrected chi connectivity index (χ4v) is 4.19. The topological polar surface area (TPSA) is 47.6 Å². The molecule has 1 saturated heterocycles. The number of hydrogen-bond donors (Lipinski definition) is 1. The molecule has 1 aliphatic heterocycles. The molecule has 29 heavy (non-hydrogen) atoms. The number of morpholine rings is 1. The van der Waals surface area contributed by atoms with Gasteiger partial charge in [0.25, 0.3) is 0 Å². The van der Waals surface area contributed by atoms with Crippen molar-refractivity contribution >= 4 is 23.0 Å². The minimum Gasteiger partial charge on any atom is -0.598 e. The van der Waals surface area contributed by atoms with Gasteiger partial charge < -0.3 is 9.29 Å². The van der Waals surface area contributed by atoms with Crippen LogP contribution in [0.4, 0.5) is 13.2 Å². The summed E-state index contributed by atoms with van der Waals surface area (Å²) in [6.07, 6.45) is -3.49. The first-order valence-corrected chi connectivity index (χ1v) is 11.0. The quantitative estimate of drug-likeness (QED) is 0.668. The van der Waals surface area contributed by atoms with Crippen LogP contribution in [0.15, 0.2) is 48.5 Å². The van der Waals surface area contributed by atoms with Crippen LogP contribution in [0.3, 0.4) is 0 Å². The SMILES string of the molecule is C[S+]([O-])N[C@@H](c1ccc(CN2CCOC(c3ccccc3Cl)C2)cc1)C(F)(F)F. The van der Waals surface area contributed by atoms with Crippen LogP contribution in [-0.4, -0.2) is 41.6 Å². The molecule has 0 bridgehead atoms. The number of alkyl halides is 3. The molecule has 1 heterocycles. The molecule has 0 spiro atoms. The van der Waals surface area contributed by atoms with Crippen LogP contribution in [0.25, 0.3) is 0 Å². The predicted molar refractivity (Wildman–Crippen MR) is 108 cm³/mol. The van der Waals surface area contributed by atoms with E-state index in [0.29, 0.717) is 24.7 Å². The Labute approximate surface area is 176 Å². The lowest BCUT2D eigenvalue weighted by atomic mass is 10.0. The van der Waals surface area contributed by atoms with E-state index in [9.17, 15) is 17.7 Å². The molecular formula is C20H22ClF3N2O2S. The maximum Gasteiger partial charge on any atom is 0.412 e. The van der Waals surface area contributed by atoms with E-state index in [2.05, 4.69) is 9.62 Å². The molecular weight excluding hydrogens is 425 g/mol. The Morgan fingerprint density at radius 3 is 2.55 bits per heavy atom. The smallest absolute Gasteiger partial charge is 0.412 e. The summed E-state index contributed by atoms with van der Waals surface area (Å²) in [5.41, 5.74) is 1.86. The molecule has 0 radical (unpaired) electrons. The first-order chi connectivity index (χ1) is 13.7. The van der Waals surface area contributed by atoms with Gasteiger partial charge in [-0.25, -0.2) is 0 Å². The van der Waals surface area contributed by atoms with E-state index in [1.54, 1.807) is 12.1 Å². The van der Waals surface area contributed by atoms with E-state index in [0.717, 1.165) is 17.7 Å². The zero-order valence-corrected chi connectivity index (χ0v) is 17.4. The van der Waals surface area contributed by atoms with Gasteiger partial charge in [0.05, 0.1) is 12.7 Å². The molecule has 0 saturated carbocycles. The van der Waals surface area contributed by atoms with E-state index in [1.807, 2.05) is 24.3 Å². The van der Waals surface area contributed by atoms with Gasteiger partial charge in [-0.2, -0.15) is 13.2 Å². The number of nitrogens with one attached hydrogen (secondary N) is 1. The standard InChI is InChI=1S/C20H22ClF3N2O2S/c1-29(27)25-19(20(22,23)24)15-8-6-14(7-9-15)12-26-10-11-28-18(13-26)16-4-2-3-5-17(16)21/h2-9,18-19,25H,10-13H2,1H3/t18?,19-,29?/m0/s1. The number of nitrogens with zero attached hydrogens (tertiary/aromatic N) is 1. The highest BCUT2D eigenvalue weighted by atomic mass is 35.5. The Balaban J connectivity index is 1.67. The second-order valence-electron chi connectivity index (χ2n) is 6.90. The van der Waals surface area contributed by atoms with Crippen LogP contribution in [-0.2, 0) is 22.6 Å². The average Bonchev–Trinajstić information content (AvgIpc) is 2.66. The Morgan fingerprint density at radius 2 is 1.93 bits per heavy atom. The molecule has 158 valence electrons. The van der Waals surface area contributed by atoms with Gasteiger partial charge in [-0.05, 0) is 17.2 Å². The van der Waals surface area contributed by atoms with Crippen molar-refractivity contribution in [1.82, 2.24) is 9.62 Å². The lowest BCUT2D eigenvalue weighted by Gasteiger charge is -2.33. The molecule has 1 aliphatic rings. The number of hydrogen-bond acceptors (Lipinski definition) is 4. The van der Waals surface area contributed by atoms with E-state index in [-0.39, 0.29) is 11.7 Å². The summed E-state index contributed by atoms with van der Waals surface area (Å²) >= 11 is 4.49. The van der Waals surface area contributed by atoms with Crippen molar-refractivity contribution in [2.75, 3.05) is 26.0 Å². The molecule has 3 atom stereocenters. The molecule has 0 aromatic heterocycles. The zero-order valence-electron chi connectivity index (χ0n) is 15.8. The molecule has 4 nitrogen and oxygen atoms in total. The molecule has 2 aromatic rings. The van der Waals surface area contributed by atoms with E-state index in [1.165, 1.54) is 18.4 Å². The normalized spacial score (nSPS) is 20.4. The van der Waals surface area contributed by atoms with Gasteiger partial charge in [0.2, 0.25) is 0 Å². The summed E-state index contributed by atoms with van der Waals surface area (Å²) in [5.74, 6) is 0. The maximum absolute atomic E-state index is 13.2. The van der Waals surface area contributed by atoms with Crippen LogP contribution in [0.5, 0.6) is 0 Å². The minimum atomic E-state index is -4.53. The van der Waals surface area contributed by atoms with Gasteiger partial charge in [0.15, 0.2) is 6.04 Å². The Bertz CT molecular complexity index is 805. The molecule has 9 heteroatoms. The number of halogens is 4. The number of rotatable bonds is 6. The van der Waals surface area contributed by atoms with Crippen molar-refractivity contribution in [3.63, 3.8) is 0 Å². The van der Waals surface area contributed by atoms with E-state index in [4.69, 9.17) is 16.3 Å². The summed E-state index contributed by atoms with van der Waals surface area (Å²) in [7, 11) is 0. The van der Waals surface area contributed by atoms with Crippen LogP contribution >= 0.6 is 11.6 Å². The van der Waals surface area contributed by atoms with Gasteiger partial charge in [0, 0.05) is 41.6 Å². The summed E-state index contributed by atoms with van der Waals surface area (Å²) in [5, 5.41) is 0.655. The third kappa shape index (κ3) is 6.10. The lowest BCUT2D eigenvalue weighted by Crippen LogP contribution is -2.38. The molecule has 3 rings (SSSR count). The largest absolute Gasteiger partial charge is 0.598 e. The van der Waals surface area contributed by atoms with Crippen molar-refractivity contribution in [1.29, 1.82) is 0 Å². The van der Waals surface area contributed by atoms with Crippen LogP contribution in [0, 0.1) is 0 Å². The van der Waals surface area contributed by atoms with Gasteiger partial charge in [-0.1, -0.05) is 54.1 Å². The molecule has 1 fully saturated rings. The highest BCUT2D eigenvalue weighted by molar-refractivity contribution is 7.88. The van der Waals surface area contributed by atoms with Crippen LogP contribution in [0.2, 0.25) is 5.02 Å². The summed E-state index contributed by atoms with van der Waals surface area (Å²) < 4.78 is 58.9. The summed E-state index contributed by atoms with van der Waals surface area (Å²) in [6, 6.07) is 11.8. The molecule has 2 aromatic carbocycles. The monoisotopic (exact) mass is 446 g/mol. The van der Waals surface area contributed by atoms with Crippen molar-refractivity contribution in [3.8, 4) is 0 Å². The van der Waals surface area contributed by atoms with Crippen molar-refractivity contribution in [2.24, 2.45) is 0 Å².